The summed E-state index contributed by atoms with van der Waals surface area (Å²) in [6.07, 6.45) is 0. The molecular weight excluding hydrogens is 172 g/mol. The molecule has 13 heavy (non-hydrogen) atoms. The second-order valence-corrected chi connectivity index (χ2v) is 2.92. The summed E-state index contributed by atoms with van der Waals surface area (Å²) in [6, 6.07) is 4.48. The highest BCUT2D eigenvalue weighted by Crippen LogP contribution is 2.36. The third kappa shape index (κ3) is 1.20. The van der Waals surface area contributed by atoms with Gasteiger partial charge < -0.3 is 14.9 Å². The number of aliphatic carboxylic acids is 1. The fourth-order valence-corrected chi connectivity index (χ4v) is 1.41. The van der Waals surface area contributed by atoms with Crippen molar-refractivity contribution in [1.82, 2.24) is 0 Å². The number of phenolic OH excluding ortho intramolecular Hbond substituents is 1. The van der Waals surface area contributed by atoms with Gasteiger partial charge in [0, 0.05) is 5.56 Å². The molecule has 1 atom stereocenters. The molecule has 0 fully saturated rings. The fourth-order valence-electron chi connectivity index (χ4n) is 1.41. The van der Waals surface area contributed by atoms with Gasteiger partial charge in [-0.2, -0.15) is 0 Å². The predicted octanol–water partition coefficient (Wildman–Crippen LogP) is 0.953. The number of ether oxygens (including phenoxy) is 1. The Morgan fingerprint density at radius 2 is 2.31 bits per heavy atom. The highest BCUT2D eigenvalue weighted by molar-refractivity contribution is 5.78. The normalized spacial score (nSPS) is 19.2. The Morgan fingerprint density at radius 3 is 3.00 bits per heavy atom. The standard InChI is InChI=1S/C9H8O4/c10-5-1-2-8-6(3-5)7(4-13-8)9(11)12/h1-3,7,10H,4H2,(H,11,12). The summed E-state index contributed by atoms with van der Waals surface area (Å²) in [5.41, 5.74) is 0.549. The minimum atomic E-state index is -0.927. The topological polar surface area (TPSA) is 66.8 Å². The van der Waals surface area contributed by atoms with Crippen molar-refractivity contribution < 1.29 is 19.7 Å². The van der Waals surface area contributed by atoms with Gasteiger partial charge in [-0.1, -0.05) is 0 Å². The molecule has 1 aliphatic heterocycles. The van der Waals surface area contributed by atoms with Crippen molar-refractivity contribution in [3.8, 4) is 11.5 Å². The van der Waals surface area contributed by atoms with Crippen molar-refractivity contribution in [3.05, 3.63) is 23.8 Å². The second kappa shape index (κ2) is 2.65. The van der Waals surface area contributed by atoms with E-state index in [1.807, 2.05) is 0 Å². The molecule has 2 rings (SSSR count). The number of carboxylic acids is 1. The average Bonchev–Trinajstić information content (AvgIpc) is 2.46. The van der Waals surface area contributed by atoms with E-state index in [0.717, 1.165) is 0 Å². The van der Waals surface area contributed by atoms with Crippen LogP contribution in [0.4, 0.5) is 0 Å². The number of fused-ring (bicyclic) bond motifs is 1. The summed E-state index contributed by atoms with van der Waals surface area (Å²) in [7, 11) is 0. The molecule has 0 saturated heterocycles. The van der Waals surface area contributed by atoms with E-state index in [1.54, 1.807) is 6.07 Å². The van der Waals surface area contributed by atoms with E-state index in [0.29, 0.717) is 11.3 Å². The highest BCUT2D eigenvalue weighted by Gasteiger charge is 2.30. The molecule has 1 aromatic carbocycles. The van der Waals surface area contributed by atoms with Crippen molar-refractivity contribution >= 4 is 5.97 Å². The Labute approximate surface area is 74.4 Å². The number of hydrogen-bond acceptors (Lipinski definition) is 3. The molecule has 1 heterocycles. The maximum absolute atomic E-state index is 10.7. The lowest BCUT2D eigenvalue weighted by Crippen LogP contribution is -2.12. The fraction of sp³-hybridized carbons (Fsp3) is 0.222. The number of carbonyl (C=O) groups is 1. The first-order valence-electron chi connectivity index (χ1n) is 3.87. The number of hydrogen-bond donors (Lipinski definition) is 2. The van der Waals surface area contributed by atoms with Crippen LogP contribution in [0.1, 0.15) is 11.5 Å². The molecule has 0 spiro atoms. The van der Waals surface area contributed by atoms with Crippen LogP contribution < -0.4 is 4.74 Å². The third-order valence-corrected chi connectivity index (χ3v) is 2.07. The summed E-state index contributed by atoms with van der Waals surface area (Å²) in [5, 5.41) is 17.9. The summed E-state index contributed by atoms with van der Waals surface area (Å²) in [6.45, 7) is 0.147. The number of rotatable bonds is 1. The molecule has 0 radical (unpaired) electrons. The van der Waals surface area contributed by atoms with E-state index < -0.39 is 11.9 Å². The van der Waals surface area contributed by atoms with Crippen molar-refractivity contribution in [2.45, 2.75) is 5.92 Å². The van der Waals surface area contributed by atoms with E-state index in [1.165, 1.54) is 12.1 Å². The van der Waals surface area contributed by atoms with E-state index in [-0.39, 0.29) is 12.4 Å². The van der Waals surface area contributed by atoms with Crippen LogP contribution >= 0.6 is 0 Å². The van der Waals surface area contributed by atoms with Crippen LogP contribution in [0, 0.1) is 0 Å². The van der Waals surface area contributed by atoms with Crippen LogP contribution in [-0.2, 0) is 4.79 Å². The van der Waals surface area contributed by atoms with Gasteiger partial charge in [0.2, 0.25) is 0 Å². The second-order valence-electron chi connectivity index (χ2n) is 2.92. The number of benzene rings is 1. The molecule has 0 saturated carbocycles. The van der Waals surface area contributed by atoms with Crippen molar-refractivity contribution in [2.75, 3.05) is 6.61 Å². The average molecular weight is 180 g/mol. The predicted molar refractivity (Wildman–Crippen MR) is 44.0 cm³/mol. The minimum Gasteiger partial charge on any atom is -0.508 e. The quantitative estimate of drug-likeness (QED) is 0.675. The smallest absolute Gasteiger partial charge is 0.314 e. The van der Waals surface area contributed by atoms with Gasteiger partial charge in [0.05, 0.1) is 0 Å². The van der Waals surface area contributed by atoms with Crippen LogP contribution in [0.2, 0.25) is 0 Å². The van der Waals surface area contributed by atoms with E-state index in [2.05, 4.69) is 0 Å². The van der Waals surface area contributed by atoms with Crippen LogP contribution in [0.5, 0.6) is 11.5 Å². The van der Waals surface area contributed by atoms with E-state index >= 15 is 0 Å². The zero-order valence-corrected chi connectivity index (χ0v) is 6.73. The summed E-state index contributed by atoms with van der Waals surface area (Å²) >= 11 is 0. The maximum Gasteiger partial charge on any atom is 0.314 e. The van der Waals surface area contributed by atoms with Gasteiger partial charge >= 0.3 is 5.97 Å². The summed E-state index contributed by atoms with van der Waals surface area (Å²) in [5.74, 6) is -0.966. The molecule has 4 heteroatoms. The van der Waals surface area contributed by atoms with Gasteiger partial charge in [0.25, 0.3) is 0 Å². The molecular formula is C9H8O4. The Hall–Kier alpha value is -1.71. The molecule has 0 amide bonds. The van der Waals surface area contributed by atoms with E-state index in [9.17, 15) is 4.79 Å². The van der Waals surface area contributed by atoms with Crippen molar-refractivity contribution in [3.63, 3.8) is 0 Å². The molecule has 0 aromatic heterocycles. The summed E-state index contributed by atoms with van der Waals surface area (Å²) in [4.78, 5) is 10.7. The van der Waals surface area contributed by atoms with Gasteiger partial charge in [0.15, 0.2) is 0 Å². The monoisotopic (exact) mass is 180 g/mol. The van der Waals surface area contributed by atoms with Gasteiger partial charge in [-0.05, 0) is 18.2 Å². The van der Waals surface area contributed by atoms with Gasteiger partial charge in [-0.3, -0.25) is 4.79 Å². The lowest BCUT2D eigenvalue weighted by Gasteiger charge is -2.01. The van der Waals surface area contributed by atoms with Crippen molar-refractivity contribution in [1.29, 1.82) is 0 Å². The molecule has 0 aliphatic carbocycles. The molecule has 68 valence electrons. The van der Waals surface area contributed by atoms with Crippen LogP contribution in [0.15, 0.2) is 18.2 Å². The van der Waals surface area contributed by atoms with Gasteiger partial charge in [0.1, 0.15) is 24.0 Å². The zero-order valence-electron chi connectivity index (χ0n) is 6.73. The zero-order chi connectivity index (χ0) is 9.42. The first kappa shape index (κ1) is 7.91. The summed E-state index contributed by atoms with van der Waals surface area (Å²) < 4.78 is 5.14. The Morgan fingerprint density at radius 1 is 1.54 bits per heavy atom. The van der Waals surface area contributed by atoms with Crippen LogP contribution in [-0.4, -0.2) is 22.8 Å². The minimum absolute atomic E-state index is 0.0653. The van der Waals surface area contributed by atoms with Crippen LogP contribution in [0.25, 0.3) is 0 Å². The van der Waals surface area contributed by atoms with Gasteiger partial charge in [-0.25, -0.2) is 0 Å². The largest absolute Gasteiger partial charge is 0.508 e. The number of phenols is 1. The molecule has 1 aliphatic rings. The third-order valence-electron chi connectivity index (χ3n) is 2.07. The lowest BCUT2D eigenvalue weighted by atomic mass is 10.0. The maximum atomic E-state index is 10.7. The number of carboxylic acid groups (broad SMARTS) is 1. The molecule has 1 aromatic rings. The van der Waals surface area contributed by atoms with Gasteiger partial charge in [-0.15, -0.1) is 0 Å². The molecule has 2 N–H and O–H groups in total. The lowest BCUT2D eigenvalue weighted by molar-refractivity contribution is -0.138. The number of aromatic hydroxyl groups is 1. The SMILES string of the molecule is O=C(O)C1COc2ccc(O)cc21. The van der Waals surface area contributed by atoms with Crippen LogP contribution in [0.3, 0.4) is 0 Å². The molecule has 0 bridgehead atoms. The Bertz CT molecular complexity index is 359. The first-order valence-corrected chi connectivity index (χ1v) is 3.87. The molecule has 4 nitrogen and oxygen atoms in total. The first-order chi connectivity index (χ1) is 6.18. The highest BCUT2D eigenvalue weighted by atomic mass is 16.5. The van der Waals surface area contributed by atoms with E-state index in [4.69, 9.17) is 14.9 Å². The Balaban J connectivity index is 2.46. The Kier molecular flexibility index (Phi) is 1.62. The van der Waals surface area contributed by atoms with Crippen molar-refractivity contribution in [2.24, 2.45) is 0 Å². The molecule has 1 unspecified atom stereocenters.